The number of rotatable bonds is 3. The Labute approximate surface area is 127 Å². The van der Waals surface area contributed by atoms with E-state index in [1.54, 1.807) is 6.07 Å². The minimum absolute atomic E-state index is 0.0611. The van der Waals surface area contributed by atoms with Crippen molar-refractivity contribution < 1.29 is 9.18 Å². The van der Waals surface area contributed by atoms with Crippen molar-refractivity contribution in [3.63, 3.8) is 0 Å². The number of carbonyl (C=O) groups is 1. The van der Waals surface area contributed by atoms with Crippen molar-refractivity contribution in [2.24, 2.45) is 0 Å². The summed E-state index contributed by atoms with van der Waals surface area (Å²) in [6.45, 7) is 0.789. The Bertz CT molecular complexity index is 686. The minimum atomic E-state index is -0.458. The molecule has 1 aliphatic rings. The van der Waals surface area contributed by atoms with E-state index in [-0.39, 0.29) is 23.1 Å². The van der Waals surface area contributed by atoms with E-state index in [0.717, 1.165) is 29.8 Å². The zero-order valence-corrected chi connectivity index (χ0v) is 12.2. The van der Waals surface area contributed by atoms with Gasteiger partial charge in [-0.05, 0) is 35.7 Å². The predicted molar refractivity (Wildman–Crippen MR) is 82.4 cm³/mol. The van der Waals surface area contributed by atoms with Gasteiger partial charge in [0.25, 0.3) is 0 Å². The molecule has 0 fully saturated rings. The van der Waals surface area contributed by atoms with Crippen molar-refractivity contribution in [2.75, 3.05) is 11.9 Å². The Balaban J connectivity index is 1.81. The number of halogens is 2. The molecule has 0 saturated carbocycles. The Morgan fingerprint density at radius 2 is 2.10 bits per heavy atom. The summed E-state index contributed by atoms with van der Waals surface area (Å²) in [5.74, 6) is -0.419. The van der Waals surface area contributed by atoms with Crippen LogP contribution in [0.1, 0.15) is 23.5 Å². The Morgan fingerprint density at radius 3 is 2.90 bits per heavy atom. The number of hydrogen-bond acceptors (Lipinski definition) is 2. The van der Waals surface area contributed by atoms with E-state index in [4.69, 9.17) is 11.6 Å². The molecule has 2 aromatic carbocycles. The third-order valence-electron chi connectivity index (χ3n) is 3.84. The van der Waals surface area contributed by atoms with Crippen LogP contribution >= 0.6 is 11.6 Å². The summed E-state index contributed by atoms with van der Waals surface area (Å²) in [5.41, 5.74) is 2.82. The molecule has 0 aromatic heterocycles. The topological polar surface area (TPSA) is 29.1 Å². The Hall–Kier alpha value is -1.87. The van der Waals surface area contributed by atoms with E-state index in [2.05, 4.69) is 5.32 Å². The highest BCUT2D eigenvalue weighted by Gasteiger charge is 2.25. The summed E-state index contributed by atoms with van der Waals surface area (Å²) < 4.78 is 13.2. The van der Waals surface area contributed by atoms with Crippen molar-refractivity contribution in [1.82, 2.24) is 0 Å². The maximum absolute atomic E-state index is 13.2. The van der Waals surface area contributed by atoms with Gasteiger partial charge in [0.2, 0.25) is 0 Å². The Kier molecular flexibility index (Phi) is 3.93. The number of hydrogen-bond donors (Lipinski definition) is 1. The molecule has 0 radical (unpaired) electrons. The van der Waals surface area contributed by atoms with Crippen LogP contribution < -0.4 is 5.32 Å². The lowest BCUT2D eigenvalue weighted by molar-refractivity contribution is -0.120. The van der Waals surface area contributed by atoms with E-state index >= 15 is 0 Å². The lowest BCUT2D eigenvalue weighted by Crippen LogP contribution is -2.24. The highest BCUT2D eigenvalue weighted by Crippen LogP contribution is 2.32. The number of anilines is 1. The molecule has 1 unspecified atom stereocenters. The third kappa shape index (κ3) is 2.93. The third-order valence-corrected chi connectivity index (χ3v) is 4.13. The first-order valence-electron chi connectivity index (χ1n) is 6.94. The first-order valence-corrected chi connectivity index (χ1v) is 7.32. The summed E-state index contributed by atoms with van der Waals surface area (Å²) in [5, 5.41) is 3.37. The molecule has 4 heteroatoms. The molecule has 1 aliphatic heterocycles. The zero-order chi connectivity index (χ0) is 14.8. The van der Waals surface area contributed by atoms with Crippen LogP contribution in [0.2, 0.25) is 5.02 Å². The maximum atomic E-state index is 13.2. The van der Waals surface area contributed by atoms with Crippen LogP contribution in [0.25, 0.3) is 0 Å². The second kappa shape index (κ2) is 5.86. The Morgan fingerprint density at radius 1 is 1.29 bits per heavy atom. The average Bonchev–Trinajstić information content (AvgIpc) is 2.50. The molecule has 1 N–H and O–H groups in total. The summed E-state index contributed by atoms with van der Waals surface area (Å²) in [7, 11) is 0. The van der Waals surface area contributed by atoms with Gasteiger partial charge in [-0.15, -0.1) is 0 Å². The first-order chi connectivity index (χ1) is 10.1. The number of benzene rings is 2. The van der Waals surface area contributed by atoms with E-state index in [9.17, 15) is 9.18 Å². The van der Waals surface area contributed by atoms with Crippen molar-refractivity contribution in [2.45, 2.75) is 18.8 Å². The van der Waals surface area contributed by atoms with Gasteiger partial charge in [0.05, 0.1) is 5.02 Å². The average molecular weight is 304 g/mol. The maximum Gasteiger partial charge on any atom is 0.144 e. The summed E-state index contributed by atoms with van der Waals surface area (Å²) in [4.78, 5) is 12.6. The zero-order valence-electron chi connectivity index (χ0n) is 11.4. The van der Waals surface area contributed by atoms with E-state index in [0.29, 0.717) is 0 Å². The summed E-state index contributed by atoms with van der Waals surface area (Å²) in [6.07, 6.45) is 1.06. The normalized spacial score (nSPS) is 17.0. The monoisotopic (exact) mass is 303 g/mol. The molecule has 108 valence electrons. The second-order valence-electron chi connectivity index (χ2n) is 5.25. The lowest BCUT2D eigenvalue weighted by Gasteiger charge is -2.25. The van der Waals surface area contributed by atoms with Crippen LogP contribution in [0, 0.1) is 5.82 Å². The molecule has 2 aromatic rings. The SMILES string of the molecule is O=C(Cc1ccc(F)c(Cl)c1)C1CCNc2ccccc21. The van der Waals surface area contributed by atoms with Crippen molar-refractivity contribution in [3.8, 4) is 0 Å². The predicted octanol–water partition coefficient (Wildman–Crippen LogP) is 4.19. The number of fused-ring (bicyclic) bond motifs is 1. The summed E-state index contributed by atoms with van der Waals surface area (Å²) >= 11 is 5.77. The second-order valence-corrected chi connectivity index (χ2v) is 5.65. The first kappa shape index (κ1) is 14.1. The largest absolute Gasteiger partial charge is 0.385 e. The molecule has 0 spiro atoms. The molecular formula is C17H15ClFNO. The van der Waals surface area contributed by atoms with Gasteiger partial charge >= 0.3 is 0 Å². The molecule has 0 saturated heterocycles. The van der Waals surface area contributed by atoms with Gasteiger partial charge < -0.3 is 5.32 Å². The van der Waals surface area contributed by atoms with Crippen LogP contribution in [0.15, 0.2) is 42.5 Å². The smallest absolute Gasteiger partial charge is 0.144 e. The van der Waals surface area contributed by atoms with Crippen LogP contribution in [0.5, 0.6) is 0 Å². The van der Waals surface area contributed by atoms with Gasteiger partial charge in [0.1, 0.15) is 11.6 Å². The molecular weight excluding hydrogens is 289 g/mol. The van der Waals surface area contributed by atoms with E-state index in [1.807, 2.05) is 24.3 Å². The molecule has 0 aliphatic carbocycles. The summed E-state index contributed by atoms with van der Waals surface area (Å²) in [6, 6.07) is 12.3. The fourth-order valence-electron chi connectivity index (χ4n) is 2.78. The number of para-hydroxylation sites is 1. The quantitative estimate of drug-likeness (QED) is 0.921. The number of carbonyl (C=O) groups excluding carboxylic acids is 1. The van der Waals surface area contributed by atoms with E-state index in [1.165, 1.54) is 12.1 Å². The fourth-order valence-corrected chi connectivity index (χ4v) is 2.98. The standard InChI is InChI=1S/C17H15ClFNO/c18-14-9-11(5-6-15(14)19)10-17(21)13-7-8-20-16-4-2-1-3-12(13)16/h1-6,9,13,20H,7-8,10H2. The molecule has 0 bridgehead atoms. The molecule has 21 heavy (non-hydrogen) atoms. The highest BCUT2D eigenvalue weighted by atomic mass is 35.5. The number of nitrogens with one attached hydrogen (secondary N) is 1. The minimum Gasteiger partial charge on any atom is -0.385 e. The van der Waals surface area contributed by atoms with Crippen molar-refractivity contribution >= 4 is 23.1 Å². The van der Waals surface area contributed by atoms with Gasteiger partial charge in [-0.2, -0.15) is 0 Å². The van der Waals surface area contributed by atoms with Crippen LogP contribution in [-0.4, -0.2) is 12.3 Å². The molecule has 0 amide bonds. The van der Waals surface area contributed by atoms with Gasteiger partial charge in [0, 0.05) is 24.6 Å². The molecule has 2 nitrogen and oxygen atoms in total. The van der Waals surface area contributed by atoms with Gasteiger partial charge in [-0.25, -0.2) is 4.39 Å². The van der Waals surface area contributed by atoms with Gasteiger partial charge in [0.15, 0.2) is 0 Å². The molecule has 1 atom stereocenters. The molecule has 1 heterocycles. The van der Waals surface area contributed by atoms with Crippen molar-refractivity contribution in [1.29, 1.82) is 0 Å². The fraction of sp³-hybridized carbons (Fsp3) is 0.235. The van der Waals surface area contributed by atoms with Crippen LogP contribution in [0.3, 0.4) is 0 Å². The van der Waals surface area contributed by atoms with Crippen LogP contribution in [0.4, 0.5) is 10.1 Å². The number of Topliss-reactive ketones (excluding diaryl/α,β-unsaturated/α-hetero) is 1. The van der Waals surface area contributed by atoms with Gasteiger partial charge in [-0.1, -0.05) is 35.9 Å². The van der Waals surface area contributed by atoms with Gasteiger partial charge in [-0.3, -0.25) is 4.79 Å². The number of ketones is 1. The van der Waals surface area contributed by atoms with Crippen molar-refractivity contribution in [3.05, 3.63) is 64.4 Å². The highest BCUT2D eigenvalue weighted by molar-refractivity contribution is 6.30. The van der Waals surface area contributed by atoms with E-state index < -0.39 is 5.82 Å². The van der Waals surface area contributed by atoms with Crippen LogP contribution in [-0.2, 0) is 11.2 Å². The molecule has 3 rings (SSSR count). The lowest BCUT2D eigenvalue weighted by atomic mass is 9.85.